The second-order valence-corrected chi connectivity index (χ2v) is 6.16. The Labute approximate surface area is 139 Å². The molecule has 8 heteroatoms. The third-order valence-electron chi connectivity index (χ3n) is 3.13. The molecule has 0 spiro atoms. The highest BCUT2D eigenvalue weighted by molar-refractivity contribution is 7.12. The topological polar surface area (TPSA) is 68.0 Å². The number of benzene rings is 1. The summed E-state index contributed by atoms with van der Waals surface area (Å²) < 4.78 is 1.51. The first kappa shape index (κ1) is 15.0. The average Bonchev–Trinajstić information content (AvgIpc) is 3.08. The summed E-state index contributed by atoms with van der Waals surface area (Å²) in [6.45, 7) is 1.69. The van der Waals surface area contributed by atoms with Crippen LogP contribution in [0.25, 0.3) is 16.4 Å². The smallest absolute Gasteiger partial charge is 0.339 e. The number of hydrogen-bond acceptors (Lipinski definition) is 4. The van der Waals surface area contributed by atoms with Crippen molar-refractivity contribution in [1.82, 2.24) is 14.8 Å². The molecule has 0 radical (unpaired) electrons. The SMILES string of the molecule is Cc1c(C(=O)O)cnn1-c1nc(-c2ccc(Cl)c(Cl)c2)cs1. The molecule has 0 amide bonds. The Morgan fingerprint density at radius 2 is 2.09 bits per heavy atom. The summed E-state index contributed by atoms with van der Waals surface area (Å²) in [5.74, 6) is -1.01. The summed E-state index contributed by atoms with van der Waals surface area (Å²) in [7, 11) is 0. The van der Waals surface area contributed by atoms with Gasteiger partial charge in [0.05, 0.1) is 27.6 Å². The molecule has 2 heterocycles. The number of aromatic carboxylic acids is 1. The van der Waals surface area contributed by atoms with Gasteiger partial charge in [0.1, 0.15) is 5.56 Å². The quantitative estimate of drug-likeness (QED) is 0.761. The van der Waals surface area contributed by atoms with E-state index in [-0.39, 0.29) is 5.56 Å². The fourth-order valence-corrected chi connectivity index (χ4v) is 3.10. The molecule has 1 aromatic carbocycles. The second-order valence-electron chi connectivity index (χ2n) is 4.50. The number of thiazole rings is 1. The number of hydrogen-bond donors (Lipinski definition) is 1. The van der Waals surface area contributed by atoms with Crippen molar-refractivity contribution in [2.75, 3.05) is 0 Å². The van der Waals surface area contributed by atoms with Gasteiger partial charge in [-0.2, -0.15) is 5.10 Å². The number of aromatic nitrogens is 3. The van der Waals surface area contributed by atoms with Crippen LogP contribution in [0, 0.1) is 6.92 Å². The first-order valence-electron chi connectivity index (χ1n) is 6.16. The maximum Gasteiger partial charge on any atom is 0.339 e. The first-order chi connectivity index (χ1) is 10.5. The van der Waals surface area contributed by atoms with Gasteiger partial charge in [0.15, 0.2) is 0 Å². The fourth-order valence-electron chi connectivity index (χ4n) is 1.96. The summed E-state index contributed by atoms with van der Waals surface area (Å²) in [6.07, 6.45) is 1.32. The van der Waals surface area contributed by atoms with Gasteiger partial charge in [-0.1, -0.05) is 29.3 Å². The molecular weight excluding hydrogens is 345 g/mol. The minimum atomic E-state index is -1.01. The summed E-state index contributed by atoms with van der Waals surface area (Å²) in [5.41, 5.74) is 2.25. The van der Waals surface area contributed by atoms with Crippen LogP contribution in [0.2, 0.25) is 10.0 Å². The first-order valence-corrected chi connectivity index (χ1v) is 7.80. The molecule has 0 aliphatic rings. The van der Waals surface area contributed by atoms with Crippen LogP contribution in [0.3, 0.4) is 0 Å². The number of carbonyl (C=O) groups is 1. The number of carboxylic acid groups (broad SMARTS) is 1. The molecule has 0 fully saturated rings. The zero-order chi connectivity index (χ0) is 15.9. The lowest BCUT2D eigenvalue weighted by atomic mass is 10.2. The van der Waals surface area contributed by atoms with Gasteiger partial charge in [0.2, 0.25) is 5.13 Å². The molecular formula is C14H9Cl2N3O2S. The van der Waals surface area contributed by atoms with Crippen molar-refractivity contribution in [3.05, 3.63) is 51.1 Å². The molecule has 3 aromatic rings. The van der Waals surface area contributed by atoms with E-state index >= 15 is 0 Å². The molecule has 22 heavy (non-hydrogen) atoms. The van der Waals surface area contributed by atoms with E-state index in [1.807, 2.05) is 11.4 Å². The molecule has 0 unspecified atom stereocenters. The van der Waals surface area contributed by atoms with Crippen LogP contribution in [0.15, 0.2) is 29.8 Å². The summed E-state index contributed by atoms with van der Waals surface area (Å²) in [6, 6.07) is 5.27. The predicted molar refractivity (Wildman–Crippen MR) is 86.4 cm³/mol. The second kappa shape index (κ2) is 5.72. The molecule has 0 bridgehead atoms. The van der Waals surface area contributed by atoms with Crippen LogP contribution in [-0.2, 0) is 0 Å². The van der Waals surface area contributed by atoms with Crippen LogP contribution in [-0.4, -0.2) is 25.8 Å². The molecule has 0 aliphatic carbocycles. The zero-order valence-corrected chi connectivity index (χ0v) is 13.6. The van der Waals surface area contributed by atoms with Crippen LogP contribution >= 0.6 is 34.5 Å². The van der Waals surface area contributed by atoms with E-state index in [0.717, 1.165) is 11.3 Å². The third kappa shape index (κ3) is 2.61. The van der Waals surface area contributed by atoms with Crippen molar-refractivity contribution in [3.8, 4) is 16.4 Å². The van der Waals surface area contributed by atoms with Crippen LogP contribution in [0.4, 0.5) is 0 Å². The van der Waals surface area contributed by atoms with Crippen molar-refractivity contribution in [1.29, 1.82) is 0 Å². The standard InChI is InChI=1S/C14H9Cl2N3O2S/c1-7-9(13(20)21)5-17-19(7)14-18-12(6-22-14)8-2-3-10(15)11(16)4-8/h2-6H,1H3,(H,20,21). The highest BCUT2D eigenvalue weighted by Crippen LogP contribution is 2.30. The molecule has 0 saturated heterocycles. The highest BCUT2D eigenvalue weighted by atomic mass is 35.5. The highest BCUT2D eigenvalue weighted by Gasteiger charge is 2.16. The van der Waals surface area contributed by atoms with Gasteiger partial charge in [-0.15, -0.1) is 11.3 Å². The molecule has 1 N–H and O–H groups in total. The van der Waals surface area contributed by atoms with Gasteiger partial charge in [-0.25, -0.2) is 14.5 Å². The van der Waals surface area contributed by atoms with Crippen LogP contribution < -0.4 is 0 Å². The van der Waals surface area contributed by atoms with Crippen molar-refractivity contribution < 1.29 is 9.90 Å². The van der Waals surface area contributed by atoms with E-state index in [9.17, 15) is 4.79 Å². The van der Waals surface area contributed by atoms with Gasteiger partial charge in [0.25, 0.3) is 0 Å². The van der Waals surface area contributed by atoms with Crippen molar-refractivity contribution in [2.45, 2.75) is 6.92 Å². The Balaban J connectivity index is 2.00. The summed E-state index contributed by atoms with van der Waals surface area (Å²) in [4.78, 5) is 15.5. The van der Waals surface area contributed by atoms with Crippen molar-refractivity contribution >= 4 is 40.5 Å². The average molecular weight is 354 g/mol. The normalized spacial score (nSPS) is 10.9. The van der Waals surface area contributed by atoms with Crippen LogP contribution in [0.5, 0.6) is 0 Å². The van der Waals surface area contributed by atoms with E-state index in [1.165, 1.54) is 22.2 Å². The predicted octanol–water partition coefficient (Wildman–Crippen LogP) is 4.31. The molecule has 0 aliphatic heterocycles. The van der Waals surface area contributed by atoms with Crippen molar-refractivity contribution in [2.24, 2.45) is 0 Å². The van der Waals surface area contributed by atoms with E-state index in [2.05, 4.69) is 10.1 Å². The molecule has 112 valence electrons. The largest absolute Gasteiger partial charge is 0.478 e. The van der Waals surface area contributed by atoms with E-state index < -0.39 is 5.97 Å². The van der Waals surface area contributed by atoms with Crippen LogP contribution in [0.1, 0.15) is 16.1 Å². The minimum absolute atomic E-state index is 0.159. The maximum absolute atomic E-state index is 11.1. The Bertz CT molecular complexity index is 873. The third-order valence-corrected chi connectivity index (χ3v) is 4.68. The van der Waals surface area contributed by atoms with Gasteiger partial charge < -0.3 is 5.11 Å². The number of halogens is 2. The Kier molecular flexibility index (Phi) is 3.90. The van der Waals surface area contributed by atoms with E-state index in [0.29, 0.717) is 20.9 Å². The van der Waals surface area contributed by atoms with E-state index in [4.69, 9.17) is 28.3 Å². The lowest BCUT2D eigenvalue weighted by Gasteiger charge is -2.01. The monoisotopic (exact) mass is 353 g/mol. The number of carboxylic acids is 1. The zero-order valence-electron chi connectivity index (χ0n) is 11.2. The lowest BCUT2D eigenvalue weighted by molar-refractivity contribution is 0.0696. The number of nitrogens with zero attached hydrogens (tertiary/aromatic N) is 3. The minimum Gasteiger partial charge on any atom is -0.478 e. The molecule has 0 atom stereocenters. The lowest BCUT2D eigenvalue weighted by Crippen LogP contribution is -2.02. The molecule has 2 aromatic heterocycles. The summed E-state index contributed by atoms with van der Waals surface area (Å²) in [5, 5.41) is 16.5. The van der Waals surface area contributed by atoms with Gasteiger partial charge >= 0.3 is 5.97 Å². The van der Waals surface area contributed by atoms with Gasteiger partial charge in [-0.3, -0.25) is 0 Å². The van der Waals surface area contributed by atoms with Gasteiger partial charge in [0, 0.05) is 10.9 Å². The van der Waals surface area contributed by atoms with E-state index in [1.54, 1.807) is 19.1 Å². The molecule has 0 saturated carbocycles. The molecule has 5 nitrogen and oxygen atoms in total. The number of rotatable bonds is 3. The Hall–Kier alpha value is -1.89. The Morgan fingerprint density at radius 3 is 2.73 bits per heavy atom. The fraction of sp³-hybridized carbons (Fsp3) is 0.0714. The Morgan fingerprint density at radius 1 is 1.32 bits per heavy atom. The maximum atomic E-state index is 11.1. The summed E-state index contributed by atoms with van der Waals surface area (Å²) >= 11 is 13.3. The van der Waals surface area contributed by atoms with Gasteiger partial charge in [-0.05, 0) is 19.1 Å². The van der Waals surface area contributed by atoms with Crippen molar-refractivity contribution in [3.63, 3.8) is 0 Å². The molecule has 3 rings (SSSR count).